The van der Waals surface area contributed by atoms with Gasteiger partial charge in [-0.1, -0.05) is 69.6 Å². The molecule has 5 N–H and O–H groups in total. The molecule has 33 nitrogen and oxygen atoms in total. The molecule has 0 bridgehead atoms. The largest absolute Gasteiger partial charge is 0.495 e. The average molecular weight is 2080 g/mol. The van der Waals surface area contributed by atoms with E-state index in [1.807, 2.05) is 143 Å². The first kappa shape index (κ1) is 107. The minimum Gasteiger partial charge on any atom is -0.465 e. The van der Waals surface area contributed by atoms with Crippen molar-refractivity contribution in [3.63, 3.8) is 0 Å². The zero-order valence-electron chi connectivity index (χ0n) is 77.1. The van der Waals surface area contributed by atoms with Gasteiger partial charge in [-0.15, -0.1) is 0 Å². The normalized spacial score (nSPS) is 17.0. The summed E-state index contributed by atoms with van der Waals surface area (Å²) in [7, 11) is 3.57. The number of rotatable bonds is 14. The molecule has 15 heterocycles. The Kier molecular flexibility index (Phi) is 37.4. The maximum Gasteiger partial charge on any atom is 0.495 e. The van der Waals surface area contributed by atoms with Crippen LogP contribution < -0.4 is 25.1 Å². The average Bonchev–Trinajstić information content (AvgIpc) is 1.58. The number of hydrogen-bond donors (Lipinski definition) is 5. The van der Waals surface area contributed by atoms with Crippen LogP contribution in [0.4, 0.5) is 23.3 Å². The van der Waals surface area contributed by atoms with Crippen molar-refractivity contribution in [3.8, 4) is 56.7 Å². The molecule has 135 heavy (non-hydrogen) atoms. The van der Waals surface area contributed by atoms with Gasteiger partial charge >= 0.3 is 25.0 Å². The Bertz CT molecular complexity index is 6330. The summed E-state index contributed by atoms with van der Waals surface area (Å²) >= 11 is 17.9. The molecule has 720 valence electrons. The minimum absolute atomic E-state index is 0. The number of aliphatic hydroxyl groups excluding tert-OH is 1. The van der Waals surface area contributed by atoms with Crippen molar-refractivity contribution in [2.75, 3.05) is 120 Å². The van der Waals surface area contributed by atoms with Crippen LogP contribution in [0, 0.1) is 35.1 Å². The van der Waals surface area contributed by atoms with E-state index in [1.165, 1.54) is 21.3 Å². The van der Waals surface area contributed by atoms with Crippen LogP contribution in [0.15, 0.2) is 131 Å². The van der Waals surface area contributed by atoms with E-state index in [9.17, 15) is 19.5 Å². The smallest absolute Gasteiger partial charge is 0.465 e. The third kappa shape index (κ3) is 23.9. The van der Waals surface area contributed by atoms with Gasteiger partial charge in [-0.3, -0.25) is 0 Å². The number of ether oxygens (including phenoxy) is 7. The van der Waals surface area contributed by atoms with Crippen molar-refractivity contribution in [2.45, 2.75) is 161 Å². The van der Waals surface area contributed by atoms with E-state index in [2.05, 4.69) is 92.5 Å². The molecule has 5 fully saturated rings. The number of morpholine rings is 4. The fraction of sp³-hybridized carbons (Fsp3) is 0.402. The third-order valence-electron chi connectivity index (χ3n) is 23.4. The van der Waals surface area contributed by atoms with Crippen LogP contribution in [0.1, 0.15) is 151 Å². The molecule has 38 heteroatoms. The van der Waals surface area contributed by atoms with Gasteiger partial charge in [0.2, 0.25) is 5.28 Å². The number of aromatic amines is 4. The number of benzene rings is 4. The number of esters is 3. The summed E-state index contributed by atoms with van der Waals surface area (Å²) in [6.45, 7) is 36.2. The first-order valence-electron chi connectivity index (χ1n) is 42.9. The first-order chi connectivity index (χ1) is 62.5. The molecule has 14 aromatic rings. The summed E-state index contributed by atoms with van der Waals surface area (Å²) in [5, 5.41) is 22.7. The Hall–Kier alpha value is -11.3. The molecule has 0 spiro atoms. The van der Waals surface area contributed by atoms with Gasteiger partial charge in [-0.25, -0.2) is 54.3 Å². The maximum absolute atomic E-state index is 12.3. The van der Waals surface area contributed by atoms with Crippen molar-refractivity contribution in [2.24, 2.45) is 0 Å². The number of aryl methyl sites for hydroxylation is 4. The molecule has 19 rings (SSSR count). The van der Waals surface area contributed by atoms with Crippen molar-refractivity contribution in [1.82, 2.24) is 70.1 Å². The molecule has 0 radical (unpaired) electrons. The predicted molar refractivity (Wildman–Crippen MR) is 527 cm³/mol. The summed E-state index contributed by atoms with van der Waals surface area (Å²) < 4.78 is 59.8. The van der Waals surface area contributed by atoms with Crippen LogP contribution in [0.25, 0.3) is 100 Å². The molecule has 0 saturated carbocycles. The number of anilines is 4. The zero-order chi connectivity index (χ0) is 92.6. The Balaban J connectivity index is 0.000000190. The number of nitrogens with one attached hydrogen (secondary N) is 4. The Labute approximate surface area is 816 Å². The SMILES string of the molecule is C.C.C.CC.COC(=O)c1cc(-c2nc(-c3c(C)noc3C)cc(N3CCOC[C@H]3C)n2)c2cc[nH]c2c1.COC(=O)c1cc(-c2nc(Cl)cc(N3CCOC[C@H]3C)n2)c2cc[nH]c2c1.COC(=O)c1cc(B2OC(C)(C)C(C)(C)O2)c2cc[nH]c2c1.C[C@@H]1COCCN1c1cc(Cl)nc(Cl)n1.Cc1noc(C)c1-c1cc(N2CCOC[C@H]2C)nc(-c2cc(CO)cc3[nH]ccc23)n1.[CH3-].[W]. The van der Waals surface area contributed by atoms with Crippen LogP contribution in [0.3, 0.4) is 0 Å². The Morgan fingerprint density at radius 3 is 1.13 bits per heavy atom. The van der Waals surface area contributed by atoms with Crippen LogP contribution in [0.5, 0.6) is 0 Å². The molecule has 0 amide bonds. The van der Waals surface area contributed by atoms with Gasteiger partial charge in [0.15, 0.2) is 17.5 Å². The molecular weight excluding hydrogens is 1960 g/mol. The Morgan fingerprint density at radius 1 is 0.452 bits per heavy atom. The van der Waals surface area contributed by atoms with E-state index in [0.29, 0.717) is 103 Å². The summed E-state index contributed by atoms with van der Waals surface area (Å²) in [6.07, 6.45) is 7.36. The van der Waals surface area contributed by atoms with E-state index in [1.54, 1.807) is 48.5 Å². The number of hydrogen-bond acceptors (Lipinski definition) is 29. The van der Waals surface area contributed by atoms with E-state index in [-0.39, 0.29) is 92.8 Å². The number of nitrogens with zero attached hydrogens (tertiary/aromatic N) is 14. The summed E-state index contributed by atoms with van der Waals surface area (Å²) in [5.74, 6) is 4.90. The van der Waals surface area contributed by atoms with Gasteiger partial charge in [0.05, 0.1) is 167 Å². The molecule has 4 aromatic carbocycles. The quantitative estimate of drug-likeness (QED) is 0.0169. The summed E-state index contributed by atoms with van der Waals surface area (Å²) in [5.41, 5.74) is 12.6. The first-order valence-corrected chi connectivity index (χ1v) is 44.1. The van der Waals surface area contributed by atoms with Gasteiger partial charge in [-0.05, 0) is 184 Å². The van der Waals surface area contributed by atoms with E-state index in [0.717, 1.165) is 160 Å². The molecule has 4 atom stereocenters. The number of H-pyrrole nitrogens is 4. The standard InChI is InChI=1S/C24H25N5O4.C23H25N5O3.C19H19ClN4O3.C16H20BNO4.C9H11Cl2N3O.C2H6.3CH4.CH3.W/c1-13-12-32-8-7-29(13)21-11-20(22-14(2)28-33-15(22)3)26-23(27-21)18-9-16(24(30)31-4)10-19-17(18)5-6-25-19;1-13-12-30-7-6-28(13)21-10-20(22-14(2)27-31-15(22)3)25-23(26-21)18-8-16(11-29)9-19-17(18)4-5-24-19;1-11-10-27-6-5-24(11)17-9-16(20)22-18(23-17)14-7-12(19(25)26-2)8-15-13(14)3-4-21-15;1-15(2)16(3,4)22-17(21-15)12-8-10(14(19)20-5)9-13-11(12)6-7-18-13;1-6-5-15-3-2-14(6)8-4-7(10)12-9(11)13-8;1-2;;;;;/h5-6,9-11,13,25H,7-8,12H2,1-4H3;4-5,8-10,13,24,29H,6-7,11-12H2,1-3H3;3-4,7-9,11,21H,5-6,10H2,1-2H3;6-9,18H,1-5H3;4,6H,2-3,5H2,1H3;1-2H3;3*1H4;1H3;/q;;;;;;;;;-1;/t2*13-;11-;;6-;;;;;;/m111.1....../s1. The molecular formula is C97H121BCl3N18O15W-. The van der Waals surface area contributed by atoms with Gasteiger partial charge in [-0.2, -0.15) is 0 Å². The van der Waals surface area contributed by atoms with E-state index >= 15 is 0 Å². The second-order valence-electron chi connectivity index (χ2n) is 32.7. The predicted octanol–water partition coefficient (Wildman–Crippen LogP) is 18.5. The number of carbonyl (C=O) groups is 3. The van der Waals surface area contributed by atoms with Gasteiger partial charge in [0.1, 0.15) is 45.1 Å². The number of halogens is 3. The van der Waals surface area contributed by atoms with Gasteiger partial charge in [0, 0.05) is 151 Å². The fourth-order valence-electron chi connectivity index (χ4n) is 16.1. The zero-order valence-corrected chi connectivity index (χ0v) is 82.3. The van der Waals surface area contributed by atoms with Gasteiger partial charge in [0.25, 0.3) is 0 Å². The maximum atomic E-state index is 12.3. The summed E-state index contributed by atoms with van der Waals surface area (Å²) in [4.78, 5) is 94.5. The van der Waals surface area contributed by atoms with Crippen molar-refractivity contribution >= 4 is 132 Å². The number of aromatic nitrogens is 14. The second-order valence-corrected chi connectivity index (χ2v) is 33.8. The molecule has 0 unspecified atom stereocenters. The molecule has 5 saturated heterocycles. The van der Waals surface area contributed by atoms with Crippen molar-refractivity contribution in [1.29, 1.82) is 0 Å². The number of fused-ring (bicyclic) bond motifs is 4. The fourth-order valence-corrected chi connectivity index (χ4v) is 16.7. The number of methoxy groups -OCH3 is 3. The third-order valence-corrected chi connectivity index (χ3v) is 24.0. The van der Waals surface area contributed by atoms with Crippen LogP contribution in [-0.4, -0.2) is 236 Å². The van der Waals surface area contributed by atoms with Crippen molar-refractivity contribution < 1.29 is 92.1 Å². The molecule has 10 aromatic heterocycles. The molecule has 5 aliphatic rings. The topological polar surface area (TPSA) is 386 Å². The summed E-state index contributed by atoms with van der Waals surface area (Å²) in [6, 6.07) is 30.6. The van der Waals surface area contributed by atoms with Gasteiger partial charge < -0.3 is 104 Å². The van der Waals surface area contributed by atoms with Crippen LogP contribution in [-0.2, 0) is 70.1 Å². The van der Waals surface area contributed by atoms with E-state index in [4.69, 9.17) is 111 Å². The minimum atomic E-state index is -0.520. The van der Waals surface area contributed by atoms with E-state index < -0.39 is 30.3 Å². The second kappa shape index (κ2) is 47.0. The number of carbonyl (C=O) groups excluding carboxylic acids is 3. The van der Waals surface area contributed by atoms with Crippen LogP contribution in [0.2, 0.25) is 15.6 Å². The monoisotopic (exact) mass is 2080 g/mol. The van der Waals surface area contributed by atoms with Crippen molar-refractivity contribution in [3.05, 3.63) is 190 Å². The Morgan fingerprint density at radius 2 is 0.778 bits per heavy atom. The molecule has 5 aliphatic heterocycles. The number of aliphatic hydroxyl groups is 1. The molecule has 0 aliphatic carbocycles. The van der Waals surface area contributed by atoms with Crippen LogP contribution >= 0.6 is 34.8 Å².